The van der Waals surface area contributed by atoms with Crippen molar-refractivity contribution in [1.82, 2.24) is 15.1 Å². The number of aromatic nitrogens is 2. The number of nitrogens with one attached hydrogen (secondary N) is 1. The van der Waals surface area contributed by atoms with Crippen LogP contribution in [0.1, 0.15) is 11.3 Å². The Morgan fingerprint density at radius 2 is 2.62 bits per heavy atom. The Kier molecular flexibility index (Phi) is 2.66. The van der Waals surface area contributed by atoms with Gasteiger partial charge in [-0.3, -0.25) is 10.00 Å². The summed E-state index contributed by atoms with van der Waals surface area (Å²) in [5.74, 6) is 0. The SMILES string of the molecule is Cl/C=C/CN1CCc2[nH]ncc2C1. The van der Waals surface area contributed by atoms with Gasteiger partial charge in [-0.05, 0) is 0 Å². The lowest BCUT2D eigenvalue weighted by atomic mass is 10.1. The molecule has 0 fully saturated rings. The summed E-state index contributed by atoms with van der Waals surface area (Å²) in [5.41, 5.74) is 4.17. The van der Waals surface area contributed by atoms with Crippen molar-refractivity contribution in [2.45, 2.75) is 13.0 Å². The Bertz CT molecular complexity index is 306. The Hall–Kier alpha value is -0.800. The Labute approximate surface area is 82.4 Å². The summed E-state index contributed by atoms with van der Waals surface area (Å²) in [7, 11) is 0. The van der Waals surface area contributed by atoms with E-state index < -0.39 is 0 Å². The Morgan fingerprint density at radius 1 is 1.69 bits per heavy atom. The maximum Gasteiger partial charge on any atom is 0.0535 e. The molecule has 0 saturated carbocycles. The van der Waals surface area contributed by atoms with Crippen LogP contribution in [-0.4, -0.2) is 28.2 Å². The molecular formula is C9H12ClN3. The van der Waals surface area contributed by atoms with Crippen LogP contribution in [0.5, 0.6) is 0 Å². The highest BCUT2D eigenvalue weighted by Gasteiger charge is 2.15. The van der Waals surface area contributed by atoms with Gasteiger partial charge >= 0.3 is 0 Å². The molecule has 1 aromatic heterocycles. The molecule has 0 aromatic carbocycles. The first-order valence-electron chi connectivity index (χ1n) is 4.39. The third kappa shape index (κ3) is 1.92. The van der Waals surface area contributed by atoms with E-state index in [9.17, 15) is 0 Å². The van der Waals surface area contributed by atoms with E-state index in [0.29, 0.717) is 0 Å². The molecule has 0 bridgehead atoms. The first kappa shape index (κ1) is 8.78. The number of hydrogen-bond acceptors (Lipinski definition) is 2. The molecule has 0 amide bonds. The zero-order valence-corrected chi connectivity index (χ0v) is 8.09. The van der Waals surface area contributed by atoms with Gasteiger partial charge in [0.15, 0.2) is 0 Å². The first-order chi connectivity index (χ1) is 6.40. The second kappa shape index (κ2) is 3.94. The van der Waals surface area contributed by atoms with Crippen molar-refractivity contribution < 1.29 is 0 Å². The zero-order chi connectivity index (χ0) is 9.10. The van der Waals surface area contributed by atoms with Crippen LogP contribution in [0.2, 0.25) is 0 Å². The molecule has 1 aliphatic heterocycles. The highest BCUT2D eigenvalue weighted by Crippen LogP contribution is 2.15. The van der Waals surface area contributed by atoms with Gasteiger partial charge in [-0.25, -0.2) is 0 Å². The van der Waals surface area contributed by atoms with Crippen LogP contribution in [0.4, 0.5) is 0 Å². The summed E-state index contributed by atoms with van der Waals surface area (Å²) in [6, 6.07) is 0. The summed E-state index contributed by atoms with van der Waals surface area (Å²) >= 11 is 5.47. The lowest BCUT2D eigenvalue weighted by Gasteiger charge is -2.24. The number of rotatable bonds is 2. The summed E-state index contributed by atoms with van der Waals surface area (Å²) in [5, 5.41) is 7.04. The highest BCUT2D eigenvalue weighted by molar-refractivity contribution is 6.25. The van der Waals surface area contributed by atoms with E-state index >= 15 is 0 Å². The van der Waals surface area contributed by atoms with Crippen molar-refractivity contribution in [3.05, 3.63) is 29.1 Å². The Morgan fingerprint density at radius 3 is 3.46 bits per heavy atom. The van der Waals surface area contributed by atoms with Gasteiger partial charge in [0.25, 0.3) is 0 Å². The average molecular weight is 198 g/mol. The van der Waals surface area contributed by atoms with Crippen LogP contribution < -0.4 is 0 Å². The number of H-pyrrole nitrogens is 1. The number of fused-ring (bicyclic) bond motifs is 1. The second-order valence-electron chi connectivity index (χ2n) is 3.22. The van der Waals surface area contributed by atoms with Crippen molar-refractivity contribution in [3.63, 3.8) is 0 Å². The molecule has 3 nitrogen and oxygen atoms in total. The molecule has 2 rings (SSSR count). The fraction of sp³-hybridized carbons (Fsp3) is 0.444. The lowest BCUT2D eigenvalue weighted by Crippen LogP contribution is -2.30. The highest BCUT2D eigenvalue weighted by atomic mass is 35.5. The van der Waals surface area contributed by atoms with E-state index in [1.807, 2.05) is 12.3 Å². The summed E-state index contributed by atoms with van der Waals surface area (Å²) < 4.78 is 0. The minimum Gasteiger partial charge on any atom is -0.295 e. The number of hydrogen-bond donors (Lipinski definition) is 1. The predicted molar refractivity (Wildman–Crippen MR) is 52.6 cm³/mol. The molecule has 4 heteroatoms. The van der Waals surface area contributed by atoms with E-state index in [1.54, 1.807) is 5.54 Å². The molecule has 0 atom stereocenters. The van der Waals surface area contributed by atoms with Gasteiger partial charge in [0.1, 0.15) is 0 Å². The molecule has 0 aliphatic carbocycles. The fourth-order valence-corrected chi connectivity index (χ4v) is 1.70. The standard InChI is InChI=1S/C9H12ClN3/c10-3-1-4-13-5-2-9-8(7-13)6-11-12-9/h1,3,6H,2,4-5,7H2,(H,11,12)/b3-1+. The third-order valence-electron chi connectivity index (χ3n) is 2.33. The predicted octanol–water partition coefficient (Wildman–Crippen LogP) is 1.52. The summed E-state index contributed by atoms with van der Waals surface area (Å²) in [6.45, 7) is 2.98. The monoisotopic (exact) mass is 197 g/mol. The molecule has 0 unspecified atom stereocenters. The van der Waals surface area contributed by atoms with E-state index in [-0.39, 0.29) is 0 Å². The molecule has 1 aromatic rings. The van der Waals surface area contributed by atoms with Crippen LogP contribution >= 0.6 is 11.6 Å². The normalized spacial score (nSPS) is 17.9. The summed E-state index contributed by atoms with van der Waals surface area (Å²) in [4.78, 5) is 2.34. The molecule has 70 valence electrons. The molecule has 0 saturated heterocycles. The molecular weight excluding hydrogens is 186 g/mol. The second-order valence-corrected chi connectivity index (χ2v) is 3.47. The molecule has 0 radical (unpaired) electrons. The zero-order valence-electron chi connectivity index (χ0n) is 7.33. The van der Waals surface area contributed by atoms with Crippen molar-refractivity contribution >= 4 is 11.6 Å². The molecule has 1 N–H and O–H groups in total. The van der Waals surface area contributed by atoms with Gasteiger partial charge in [-0.2, -0.15) is 5.10 Å². The van der Waals surface area contributed by atoms with Crippen molar-refractivity contribution in [2.75, 3.05) is 13.1 Å². The van der Waals surface area contributed by atoms with Crippen molar-refractivity contribution in [2.24, 2.45) is 0 Å². The largest absolute Gasteiger partial charge is 0.295 e. The van der Waals surface area contributed by atoms with Crippen LogP contribution in [0.15, 0.2) is 17.8 Å². The van der Waals surface area contributed by atoms with Crippen LogP contribution in [0.25, 0.3) is 0 Å². The van der Waals surface area contributed by atoms with E-state index in [4.69, 9.17) is 11.6 Å². The van der Waals surface area contributed by atoms with Crippen LogP contribution in [0.3, 0.4) is 0 Å². The van der Waals surface area contributed by atoms with Gasteiger partial charge in [-0.15, -0.1) is 0 Å². The van der Waals surface area contributed by atoms with E-state index in [1.165, 1.54) is 11.3 Å². The lowest BCUT2D eigenvalue weighted by molar-refractivity contribution is 0.281. The van der Waals surface area contributed by atoms with Gasteiger partial charge < -0.3 is 0 Å². The average Bonchev–Trinajstić information content (AvgIpc) is 2.61. The summed E-state index contributed by atoms with van der Waals surface area (Å²) in [6.07, 6.45) is 4.93. The van der Waals surface area contributed by atoms with Crippen LogP contribution in [0, 0.1) is 0 Å². The maximum atomic E-state index is 5.47. The molecule has 2 heterocycles. The fourth-order valence-electron chi connectivity index (χ4n) is 1.63. The number of nitrogens with zero attached hydrogens (tertiary/aromatic N) is 2. The smallest absolute Gasteiger partial charge is 0.0535 e. The van der Waals surface area contributed by atoms with Gasteiger partial charge in [0, 0.05) is 42.8 Å². The van der Waals surface area contributed by atoms with E-state index in [2.05, 4.69) is 15.1 Å². The maximum absolute atomic E-state index is 5.47. The van der Waals surface area contributed by atoms with Crippen molar-refractivity contribution in [1.29, 1.82) is 0 Å². The Balaban J connectivity index is 2.00. The quantitative estimate of drug-likeness (QED) is 0.780. The molecule has 13 heavy (non-hydrogen) atoms. The van der Waals surface area contributed by atoms with Crippen molar-refractivity contribution in [3.8, 4) is 0 Å². The minimum absolute atomic E-state index is 0.925. The van der Waals surface area contributed by atoms with Gasteiger partial charge in [0.05, 0.1) is 6.20 Å². The van der Waals surface area contributed by atoms with Gasteiger partial charge in [0.2, 0.25) is 0 Å². The number of halogens is 1. The molecule has 0 spiro atoms. The topological polar surface area (TPSA) is 31.9 Å². The number of aromatic amines is 1. The van der Waals surface area contributed by atoms with E-state index in [0.717, 1.165) is 26.1 Å². The molecule has 1 aliphatic rings. The first-order valence-corrected chi connectivity index (χ1v) is 4.82. The third-order valence-corrected chi connectivity index (χ3v) is 2.51. The minimum atomic E-state index is 0.925. The van der Waals surface area contributed by atoms with Gasteiger partial charge in [-0.1, -0.05) is 17.7 Å². The van der Waals surface area contributed by atoms with Crippen LogP contribution in [-0.2, 0) is 13.0 Å².